The third kappa shape index (κ3) is 2.41. The van der Waals surface area contributed by atoms with Crippen LogP contribution in [0.2, 0.25) is 0 Å². The summed E-state index contributed by atoms with van der Waals surface area (Å²) in [5.74, 6) is -1.44. The topological polar surface area (TPSA) is 110 Å². The van der Waals surface area contributed by atoms with Crippen LogP contribution in [0.5, 0.6) is 5.75 Å². The molecule has 1 unspecified atom stereocenters. The van der Waals surface area contributed by atoms with Crippen molar-refractivity contribution >= 4 is 28.4 Å². The number of aromatic nitrogens is 2. The molecule has 1 aliphatic heterocycles. The molecule has 1 aromatic carbocycles. The zero-order valence-corrected chi connectivity index (χ0v) is 16.6. The third-order valence-corrected chi connectivity index (χ3v) is 5.60. The van der Waals surface area contributed by atoms with E-state index in [1.165, 1.54) is 9.47 Å². The van der Waals surface area contributed by atoms with Gasteiger partial charge in [-0.25, -0.2) is 0 Å². The van der Waals surface area contributed by atoms with Gasteiger partial charge >= 0.3 is 0 Å². The number of benzene rings is 1. The second-order valence-corrected chi connectivity index (χ2v) is 7.60. The number of aromatic amines is 1. The number of aryl methyl sites for hydroxylation is 1. The summed E-state index contributed by atoms with van der Waals surface area (Å²) in [6.45, 7) is 3.45. The number of nitrogens with zero attached hydrogens (tertiary/aromatic N) is 2. The summed E-state index contributed by atoms with van der Waals surface area (Å²) in [7, 11) is 3.26. The number of carbonyl (C=O) groups excluding carboxylic acids is 2. The molecular weight excluding hydrogens is 372 g/mol. The van der Waals surface area contributed by atoms with Gasteiger partial charge < -0.3 is 24.9 Å². The van der Waals surface area contributed by atoms with Crippen LogP contribution in [0.4, 0.5) is 5.69 Å². The van der Waals surface area contributed by atoms with E-state index in [0.717, 1.165) is 10.9 Å². The number of fused-ring (bicyclic) bond motifs is 2. The van der Waals surface area contributed by atoms with E-state index < -0.39 is 23.3 Å². The fourth-order valence-electron chi connectivity index (χ4n) is 3.96. The van der Waals surface area contributed by atoms with Gasteiger partial charge in [-0.05, 0) is 12.1 Å². The van der Waals surface area contributed by atoms with Crippen LogP contribution >= 0.6 is 0 Å². The first-order valence-corrected chi connectivity index (χ1v) is 9.27. The number of nitrogens with two attached hydrogens (primary N) is 1. The number of pyridine rings is 1. The zero-order chi connectivity index (χ0) is 21.1. The van der Waals surface area contributed by atoms with Gasteiger partial charge in [0.1, 0.15) is 5.52 Å². The van der Waals surface area contributed by atoms with Gasteiger partial charge in [-0.2, -0.15) is 0 Å². The molecule has 150 valence electrons. The van der Waals surface area contributed by atoms with Crippen molar-refractivity contribution in [1.82, 2.24) is 9.55 Å². The highest BCUT2D eigenvalue weighted by atomic mass is 16.5. The number of primary amides is 1. The maximum Gasteiger partial charge on any atom is 0.281 e. The minimum absolute atomic E-state index is 0.152. The summed E-state index contributed by atoms with van der Waals surface area (Å²) in [5.41, 5.74) is 6.09. The van der Waals surface area contributed by atoms with Crippen LogP contribution in [0.15, 0.2) is 41.5 Å². The van der Waals surface area contributed by atoms with Crippen molar-refractivity contribution in [3.05, 3.63) is 47.0 Å². The normalized spacial score (nSPS) is 18.8. The highest BCUT2D eigenvalue weighted by molar-refractivity contribution is 6.17. The SMILES string of the molecule is CC(C)C1(C(N)=O)Oc2c(-c3cn(C)c(=O)c4[nH]ccc34)cccc2N(C)C1=O. The summed E-state index contributed by atoms with van der Waals surface area (Å²) in [5, 5.41) is 0.721. The number of anilines is 1. The van der Waals surface area contributed by atoms with Crippen LogP contribution in [-0.4, -0.2) is 34.0 Å². The van der Waals surface area contributed by atoms with Crippen molar-refractivity contribution in [1.29, 1.82) is 0 Å². The number of likely N-dealkylation sites (N-methyl/N-ethyl adjacent to an activating group) is 1. The Balaban J connectivity index is 2.04. The summed E-state index contributed by atoms with van der Waals surface area (Å²) in [6.07, 6.45) is 3.42. The van der Waals surface area contributed by atoms with Crippen LogP contribution in [0.1, 0.15) is 13.8 Å². The second-order valence-electron chi connectivity index (χ2n) is 7.60. The van der Waals surface area contributed by atoms with Gasteiger partial charge in [0, 0.05) is 48.9 Å². The number of carbonyl (C=O) groups is 2. The lowest BCUT2D eigenvalue weighted by molar-refractivity contribution is -0.152. The van der Waals surface area contributed by atoms with Gasteiger partial charge in [0.15, 0.2) is 5.75 Å². The van der Waals surface area contributed by atoms with E-state index >= 15 is 0 Å². The number of para-hydroxylation sites is 1. The number of rotatable bonds is 3. The van der Waals surface area contributed by atoms with Crippen molar-refractivity contribution in [2.24, 2.45) is 18.7 Å². The molecule has 29 heavy (non-hydrogen) atoms. The minimum atomic E-state index is -1.81. The summed E-state index contributed by atoms with van der Waals surface area (Å²) in [4.78, 5) is 42.3. The van der Waals surface area contributed by atoms with Crippen molar-refractivity contribution in [2.75, 3.05) is 11.9 Å². The molecule has 0 bridgehead atoms. The van der Waals surface area contributed by atoms with Gasteiger partial charge in [0.25, 0.3) is 23.0 Å². The first kappa shape index (κ1) is 18.8. The van der Waals surface area contributed by atoms with Crippen molar-refractivity contribution in [3.63, 3.8) is 0 Å². The minimum Gasteiger partial charge on any atom is -0.464 e. The van der Waals surface area contributed by atoms with E-state index in [2.05, 4.69) is 4.98 Å². The Hall–Kier alpha value is -3.55. The summed E-state index contributed by atoms with van der Waals surface area (Å²) in [6, 6.07) is 7.20. The van der Waals surface area contributed by atoms with E-state index in [-0.39, 0.29) is 5.56 Å². The molecule has 0 aliphatic carbocycles. The molecule has 0 fully saturated rings. The lowest BCUT2D eigenvalue weighted by Crippen LogP contribution is -2.65. The molecule has 1 aliphatic rings. The van der Waals surface area contributed by atoms with Crippen molar-refractivity contribution < 1.29 is 14.3 Å². The molecule has 3 heterocycles. The van der Waals surface area contributed by atoms with Crippen LogP contribution in [0.3, 0.4) is 0 Å². The second kappa shape index (κ2) is 6.23. The number of H-pyrrole nitrogens is 1. The third-order valence-electron chi connectivity index (χ3n) is 5.60. The molecule has 1 atom stereocenters. The average molecular weight is 394 g/mol. The Labute approximate surface area is 166 Å². The number of nitrogens with one attached hydrogen (secondary N) is 1. The van der Waals surface area contributed by atoms with E-state index in [1.54, 1.807) is 52.5 Å². The lowest BCUT2D eigenvalue weighted by atomic mass is 9.85. The molecule has 4 rings (SSSR count). The van der Waals surface area contributed by atoms with Crippen molar-refractivity contribution in [2.45, 2.75) is 19.4 Å². The molecule has 0 spiro atoms. The Kier molecular flexibility index (Phi) is 4.04. The fourth-order valence-corrected chi connectivity index (χ4v) is 3.96. The monoisotopic (exact) mass is 394 g/mol. The standard InChI is InChI=1S/C21H22N4O4/c1-11(2)21(19(22)27)20(28)25(4)15-7-5-6-13(17(15)29-21)14-10-24(3)18(26)16-12(14)8-9-23-16/h5-11,23H,1-4H3,(H2,22,27). The molecule has 2 aromatic heterocycles. The maximum absolute atomic E-state index is 13.1. The largest absolute Gasteiger partial charge is 0.464 e. The summed E-state index contributed by atoms with van der Waals surface area (Å²) < 4.78 is 7.62. The van der Waals surface area contributed by atoms with Crippen molar-refractivity contribution in [3.8, 4) is 16.9 Å². The predicted molar refractivity (Wildman–Crippen MR) is 110 cm³/mol. The fraction of sp³-hybridized carbons (Fsp3) is 0.286. The maximum atomic E-state index is 13.1. The quantitative estimate of drug-likeness (QED) is 0.660. The Bertz CT molecular complexity index is 1220. The lowest BCUT2D eigenvalue weighted by Gasteiger charge is -2.42. The van der Waals surface area contributed by atoms with Gasteiger partial charge in [-0.3, -0.25) is 14.4 Å². The molecule has 2 amide bonds. The molecule has 0 saturated heterocycles. The Morgan fingerprint density at radius 2 is 1.90 bits per heavy atom. The first-order chi connectivity index (χ1) is 13.7. The van der Waals surface area contributed by atoms with E-state index in [9.17, 15) is 14.4 Å². The number of amides is 2. The van der Waals surface area contributed by atoms with Gasteiger partial charge in [0.05, 0.1) is 5.69 Å². The molecule has 3 N–H and O–H groups in total. The van der Waals surface area contributed by atoms with E-state index in [4.69, 9.17) is 10.5 Å². The smallest absolute Gasteiger partial charge is 0.281 e. The van der Waals surface area contributed by atoms with E-state index in [0.29, 0.717) is 22.5 Å². The molecule has 0 saturated carbocycles. The molecular formula is C21H22N4O4. The van der Waals surface area contributed by atoms with Crippen LogP contribution < -0.4 is 20.9 Å². The molecule has 0 radical (unpaired) electrons. The van der Waals surface area contributed by atoms with E-state index in [1.807, 2.05) is 12.1 Å². The zero-order valence-electron chi connectivity index (χ0n) is 16.6. The highest BCUT2D eigenvalue weighted by Crippen LogP contribution is 2.46. The first-order valence-electron chi connectivity index (χ1n) is 9.27. The Morgan fingerprint density at radius 1 is 1.17 bits per heavy atom. The Morgan fingerprint density at radius 3 is 2.55 bits per heavy atom. The van der Waals surface area contributed by atoms with Crippen LogP contribution in [-0.2, 0) is 16.6 Å². The number of hydrogen-bond donors (Lipinski definition) is 2. The van der Waals surface area contributed by atoms with Gasteiger partial charge in [-0.1, -0.05) is 26.0 Å². The van der Waals surface area contributed by atoms with Crippen LogP contribution in [0, 0.1) is 5.92 Å². The predicted octanol–water partition coefficient (Wildman–Crippen LogP) is 1.77. The van der Waals surface area contributed by atoms with Gasteiger partial charge in [-0.15, -0.1) is 0 Å². The average Bonchev–Trinajstić information content (AvgIpc) is 3.17. The number of hydrogen-bond acceptors (Lipinski definition) is 4. The molecule has 8 heteroatoms. The molecule has 3 aromatic rings. The molecule has 8 nitrogen and oxygen atoms in total. The number of ether oxygens (including phenoxy) is 1. The highest BCUT2D eigenvalue weighted by Gasteiger charge is 2.55. The summed E-state index contributed by atoms with van der Waals surface area (Å²) >= 11 is 0. The van der Waals surface area contributed by atoms with Gasteiger partial charge in [0.2, 0.25) is 0 Å². The van der Waals surface area contributed by atoms with Crippen LogP contribution in [0.25, 0.3) is 22.0 Å².